The Labute approximate surface area is 3280 Å². The molecule has 0 aromatic rings. The summed E-state index contributed by atoms with van der Waals surface area (Å²) in [5, 5.41) is 0. The van der Waals surface area contributed by atoms with Crippen molar-refractivity contribution < 1.29 is 3110 Å². The van der Waals surface area contributed by atoms with E-state index in [9.17, 15) is 0 Å². The predicted molar refractivity (Wildman–Crippen MR) is 235 cm³/mol. The first-order chi connectivity index (χ1) is 18.1. The van der Waals surface area contributed by atoms with Crippen LogP contribution in [0.25, 0.3) is 0 Å². The monoisotopic (exact) mass is 9090 g/mol. The molecule has 0 rings (SSSR count). The average molecular weight is 9090 g/mol. The average Bonchev–Trinajstić information content (AvgIpc) is 2.99. The van der Waals surface area contributed by atoms with Crippen LogP contribution >= 0.6 is 0 Å². The minimum Gasteiger partial charge on any atom is -0.343 e. The van der Waals surface area contributed by atoms with Crippen molar-refractivity contribution in [2.75, 3.05) is 0 Å². The zero-order valence-electron chi connectivity index (χ0n) is 85.4. The van der Waals surface area contributed by atoms with E-state index in [2.05, 4.69) is 54.9 Å². The summed E-state index contributed by atoms with van der Waals surface area (Å²) in [6.07, 6.45) is 22.8. The van der Waals surface area contributed by atoms with Crippen molar-refractivity contribution in [3.8, 4) is 0 Å². The fraction of sp³-hybridized carbons (Fsp3) is 0.886. The summed E-state index contributed by atoms with van der Waals surface area (Å²) in [4.78, 5) is 0. The van der Waals surface area contributed by atoms with Gasteiger partial charge >= 0.3 is 0 Å². The van der Waals surface area contributed by atoms with E-state index < -0.39 is 0 Å². The molecule has 0 aromatic heterocycles. The minimum absolute atomic E-state index is 0. The molecule has 0 fully saturated rings. The maximum absolute atomic E-state index is 3.86. The van der Waals surface area contributed by atoms with Gasteiger partial charge in [-0.1, -0.05) is 213 Å². The Morgan fingerprint density at radius 3 is 0.259 bits per heavy atom. The van der Waals surface area contributed by atoms with Gasteiger partial charge in [0.1, 0.15) is 0 Å². The van der Waals surface area contributed by atoms with Crippen molar-refractivity contribution in [2.45, 2.75) is 265 Å². The van der Waals surface area contributed by atoms with Crippen molar-refractivity contribution >= 4 is 0 Å². The van der Waals surface area contributed by atoms with Crippen LogP contribution in [-0.4, -0.2) is 0 Å². The van der Waals surface area contributed by atoms with E-state index in [1.807, 2.05) is 83.1 Å². The van der Waals surface area contributed by atoms with Gasteiger partial charge in [-0.25, -0.2) is 0 Å². The van der Waals surface area contributed by atoms with E-state index in [0.29, 0.717) is 0 Å². The second kappa shape index (κ2) is 911. The first-order valence-electron chi connectivity index (χ1n) is 17.1. The molecule has 0 amide bonds. The van der Waals surface area contributed by atoms with Gasteiger partial charge in [0.05, 0.1) is 0 Å². The summed E-state index contributed by atoms with van der Waals surface area (Å²) in [5.41, 5.74) is 0. The SMILES string of the molecule is C.C.C.C.C.C.C.CC.CC.CC.CC.CC.CC.CCC.[CH2-]CCCCC[C-](C)CCCCC[CH2-].[CH2-]CCCCC[CH-]C.[Y].[Y].[Y].[Y].[Y].[Y].[Y].[Y].[Y].[Y].[Y].[Y].[Y].[Y].[Y].[Y].[Y].[Y].[Y].[Y].[Y].[Y].[Y].[Y].[Y].[Y].[Y].[Y].[Y].[Y].[Y].[Y].[Y].[Y].[Y].[Y].[Y].[Y].[Y].[Y].[Y].[Y].[Y].[Y].[Y].[Y].[Y].[Y].[Y].[Y].[Y].[Y].[Y].[Y].[Y].[Y].[Y].[Y].[Y].[Y].[Y].[Y].[Y].[Y].[Y].[Y].[Y].[Y].[Y].[Y].[Y].[Y].[Y].[Y].[Y].[Y].[Y].[Y].[Y].[Y].[Y].[Y].[Y].[Y].[Y].[Y].[Y].[Y].[Y].[Y].[Y].[Y].[Y].[Y].[Y]. The minimum atomic E-state index is 0. The van der Waals surface area contributed by atoms with E-state index in [4.69, 9.17) is 0 Å². The molecular weight excluding hydrogens is 8970 g/mol. The van der Waals surface area contributed by atoms with Gasteiger partial charge in [0.2, 0.25) is 0 Å². The number of hydrogen-bond acceptors (Lipinski definition) is 0. The van der Waals surface area contributed by atoms with Crippen molar-refractivity contribution in [3.63, 3.8) is 0 Å². The van der Waals surface area contributed by atoms with E-state index in [1.165, 1.54) is 83.5 Å². The Morgan fingerprint density at radius 1 is 0.137 bits per heavy atom. The third-order valence-electron chi connectivity index (χ3n) is 3.95. The first-order valence-corrected chi connectivity index (χ1v) is 17.1. The Bertz CT molecular complexity index is 280. The first kappa shape index (κ1) is 815. The quantitative estimate of drug-likeness (QED) is 0.113. The van der Waals surface area contributed by atoms with Crippen molar-refractivity contribution in [3.05, 3.63) is 33.1 Å². The molecule has 139 heavy (non-hydrogen) atoms. The summed E-state index contributed by atoms with van der Waals surface area (Å²) >= 11 is 0. The molecule has 581 valence electrons. The van der Waals surface area contributed by atoms with Crippen molar-refractivity contribution in [2.24, 2.45) is 0 Å². The Balaban J connectivity index is -0.000000000555. The van der Waals surface area contributed by atoms with Crippen LogP contribution in [0.3, 0.4) is 0 Å². The molecule has 0 nitrogen and oxygen atoms in total. The Hall–Kier alpha value is 105. The standard InChI is InChI=1S/C14H27.C8H16.C3H8.6C2H6.7CH4.95Y/c1-4-6-8-10-12-14(3)13-11-9-7-5-2;1-3-5-7-8-6-4-2;1-3-2;6*1-2;;;;;;;;;;;;;;;;;;;;;;;;;;;;;;;;;;;;;;;;;;;;;;;;;;;;;;;;;;;;;;;;;;;;;;;;;;;;;;;;;;;;;;;;;;;;;;;;;;;;;;/h1-2,4-13H2,3H3;4H,1,3,5-8H2,2H3;3H2,1-2H3;6*1-2H3;7*1H4;;;;;;;;;;;;;;;;;;;;;;;;;;;;;;;;;;;;;;;;;;;;;;;;;;;;;;;;;;;;;;;;;;;;;;;;;;;;;;;;;;;;;;;;;;;;;;;/q-3;-2;;;;;;;;;;;;;;;;;;;;;;;;;;;;;;;;;;;;;;;;;;;;;;;;;;;;;;;;;;;;;;;;;;;;;;;;;;;;;;;;;;;;;;;;;;;;;;;;;;;;;;;;;;;;;. The fourth-order valence-corrected chi connectivity index (χ4v) is 2.39. The van der Waals surface area contributed by atoms with Crippen LogP contribution < -0.4 is 0 Å². The van der Waals surface area contributed by atoms with Gasteiger partial charge in [0, 0.05) is 3110 Å². The maximum atomic E-state index is 3.86. The van der Waals surface area contributed by atoms with Gasteiger partial charge in [-0.2, -0.15) is 52.4 Å². The zero-order chi connectivity index (χ0) is 31.6. The van der Waals surface area contributed by atoms with Crippen LogP contribution in [0.2, 0.25) is 0 Å². The molecule has 0 aliphatic heterocycles. The summed E-state index contributed by atoms with van der Waals surface area (Å²) in [5.74, 6) is 1.69. The van der Waals surface area contributed by atoms with Crippen LogP contribution in [-0.2, 0) is 3110 Å². The van der Waals surface area contributed by atoms with Crippen LogP contribution in [0, 0.1) is 33.1 Å². The number of rotatable bonds is 15. The van der Waals surface area contributed by atoms with E-state index in [0.717, 1.165) is 19.3 Å². The van der Waals surface area contributed by atoms with Crippen molar-refractivity contribution in [1.29, 1.82) is 0 Å². The summed E-state index contributed by atoms with van der Waals surface area (Å²) in [6, 6.07) is 0. The maximum Gasteiger partial charge on any atom is 0 e. The number of hydrogen-bond donors (Lipinski definition) is 0. The molecule has 0 aromatic carbocycles. The predicted octanol–water partition coefficient (Wildman–Crippen LogP) is 19.9. The van der Waals surface area contributed by atoms with Crippen LogP contribution in [0.4, 0.5) is 0 Å². The van der Waals surface area contributed by atoms with Gasteiger partial charge in [-0.05, 0) is 0 Å². The van der Waals surface area contributed by atoms with Crippen LogP contribution in [0.5, 0.6) is 0 Å². The second-order valence-electron chi connectivity index (χ2n) is 7.10. The Morgan fingerprint density at radius 2 is 0.201 bits per heavy atom. The molecule has 0 aliphatic rings. The summed E-state index contributed by atoms with van der Waals surface area (Å²) < 4.78 is 0. The molecule has 0 heterocycles. The summed E-state index contributed by atoms with van der Waals surface area (Å²) in [7, 11) is 0. The molecule has 0 spiro atoms. The molecule has 0 atom stereocenters. The molecular formula is C44H115Y95-5. The smallest absolute Gasteiger partial charge is 0 e. The molecule has 95 heteroatoms. The normalized spacial score (nSPS) is 2.07. The largest absolute Gasteiger partial charge is 0.343 e. The van der Waals surface area contributed by atoms with Gasteiger partial charge in [-0.15, -0.1) is 0 Å². The third-order valence-corrected chi connectivity index (χ3v) is 3.95. The van der Waals surface area contributed by atoms with Crippen molar-refractivity contribution in [1.82, 2.24) is 0 Å². The van der Waals surface area contributed by atoms with E-state index >= 15 is 0 Å². The van der Waals surface area contributed by atoms with Gasteiger partial charge in [0.25, 0.3) is 0 Å². The van der Waals surface area contributed by atoms with Crippen LogP contribution in [0.15, 0.2) is 0 Å². The molecule has 0 N–H and O–H groups in total. The van der Waals surface area contributed by atoms with Crippen LogP contribution in [0.1, 0.15) is 265 Å². The molecule has 0 saturated heterocycles. The molecule has 0 aliphatic carbocycles. The second-order valence-corrected chi connectivity index (χ2v) is 7.10. The van der Waals surface area contributed by atoms with E-state index in [-0.39, 0.29) is 3160 Å². The van der Waals surface area contributed by atoms with Gasteiger partial charge in [-0.3, -0.25) is 0 Å². The topological polar surface area (TPSA) is 0 Å². The van der Waals surface area contributed by atoms with E-state index in [1.54, 1.807) is 5.92 Å². The molecule has 0 unspecified atom stereocenters. The fourth-order valence-electron chi connectivity index (χ4n) is 2.39. The summed E-state index contributed by atoms with van der Waals surface area (Å²) in [6.45, 7) is 44.2. The zero-order valence-corrected chi connectivity index (χ0v) is 355. The Kier molecular flexibility index (Phi) is 5340. The number of unbranched alkanes of at least 4 members (excludes halogenated alkanes) is 11. The van der Waals surface area contributed by atoms with Gasteiger partial charge in [0.15, 0.2) is 0 Å². The molecule has 0 bridgehead atoms. The molecule has 0 saturated carbocycles. The molecule has 95 radical (unpaired) electrons. The third kappa shape index (κ3) is 949. The van der Waals surface area contributed by atoms with Gasteiger partial charge < -0.3 is 33.1 Å².